The molecule has 1 atom stereocenters. The standard InChI is InChI=1S/C12H13BrO4S/c1-18-11-7(5-8(14)6-13)3-2-4-9(11)10(15)12(16)17/h2-4,10,15H,5-6H2,1H3,(H,16,17). The van der Waals surface area contributed by atoms with Gasteiger partial charge < -0.3 is 10.2 Å². The second-order valence-electron chi connectivity index (χ2n) is 3.63. The van der Waals surface area contributed by atoms with E-state index in [9.17, 15) is 14.7 Å². The highest BCUT2D eigenvalue weighted by molar-refractivity contribution is 9.09. The molecule has 0 spiro atoms. The maximum atomic E-state index is 11.4. The van der Waals surface area contributed by atoms with Crippen LogP contribution in [0, 0.1) is 0 Å². The Bertz CT molecular complexity index is 461. The summed E-state index contributed by atoms with van der Waals surface area (Å²) in [6.45, 7) is 0. The molecule has 0 aromatic heterocycles. The van der Waals surface area contributed by atoms with Gasteiger partial charge in [-0.1, -0.05) is 34.1 Å². The minimum Gasteiger partial charge on any atom is -0.479 e. The first-order chi connectivity index (χ1) is 8.51. The van der Waals surface area contributed by atoms with E-state index in [0.717, 1.165) is 5.56 Å². The number of Topliss-reactive ketones (excluding diaryl/α,β-unsaturated/α-hetero) is 1. The highest BCUT2D eigenvalue weighted by Gasteiger charge is 2.21. The van der Waals surface area contributed by atoms with E-state index < -0.39 is 12.1 Å². The molecule has 0 saturated carbocycles. The van der Waals surface area contributed by atoms with E-state index in [0.29, 0.717) is 10.5 Å². The molecule has 1 rings (SSSR count). The van der Waals surface area contributed by atoms with Crippen molar-refractivity contribution in [1.82, 2.24) is 0 Å². The van der Waals surface area contributed by atoms with Gasteiger partial charge in [0.05, 0.1) is 5.33 Å². The highest BCUT2D eigenvalue weighted by atomic mass is 79.9. The van der Waals surface area contributed by atoms with Crippen molar-refractivity contribution in [2.24, 2.45) is 0 Å². The molecule has 0 aliphatic heterocycles. The number of thioether (sulfide) groups is 1. The molecule has 0 fully saturated rings. The van der Waals surface area contributed by atoms with Crippen molar-refractivity contribution < 1.29 is 19.8 Å². The first kappa shape index (κ1) is 15.2. The number of benzene rings is 1. The molecule has 1 aromatic carbocycles. The number of rotatable bonds is 6. The van der Waals surface area contributed by atoms with Gasteiger partial charge in [0.2, 0.25) is 0 Å². The Hall–Kier alpha value is -0.850. The fraction of sp³-hybridized carbons (Fsp3) is 0.333. The summed E-state index contributed by atoms with van der Waals surface area (Å²) in [6.07, 6.45) is 0.448. The molecule has 0 aliphatic rings. The van der Waals surface area contributed by atoms with Gasteiger partial charge in [0.15, 0.2) is 6.10 Å². The summed E-state index contributed by atoms with van der Waals surface area (Å²) >= 11 is 4.42. The minimum atomic E-state index is -1.56. The lowest BCUT2D eigenvalue weighted by molar-refractivity contribution is -0.147. The van der Waals surface area contributed by atoms with Gasteiger partial charge in [-0.3, -0.25) is 4.79 Å². The maximum Gasteiger partial charge on any atom is 0.337 e. The molecule has 1 unspecified atom stereocenters. The third kappa shape index (κ3) is 3.57. The molecule has 0 aliphatic carbocycles. The van der Waals surface area contributed by atoms with Crippen LogP contribution < -0.4 is 0 Å². The van der Waals surface area contributed by atoms with E-state index in [-0.39, 0.29) is 17.5 Å². The number of carboxylic acids is 1. The highest BCUT2D eigenvalue weighted by Crippen LogP contribution is 2.30. The van der Waals surface area contributed by atoms with E-state index in [1.54, 1.807) is 24.5 Å². The quantitative estimate of drug-likeness (QED) is 0.615. The van der Waals surface area contributed by atoms with Crippen molar-refractivity contribution in [1.29, 1.82) is 0 Å². The number of alkyl halides is 1. The third-order valence-corrected chi connectivity index (χ3v) is 3.93. The number of ketones is 1. The summed E-state index contributed by atoms with van der Waals surface area (Å²) in [4.78, 5) is 22.9. The molecule has 4 nitrogen and oxygen atoms in total. The molecule has 6 heteroatoms. The smallest absolute Gasteiger partial charge is 0.337 e. The summed E-state index contributed by atoms with van der Waals surface area (Å²) < 4.78 is 0. The van der Waals surface area contributed by atoms with Gasteiger partial charge >= 0.3 is 5.97 Å². The van der Waals surface area contributed by atoms with Crippen LogP contribution in [0.25, 0.3) is 0 Å². The van der Waals surface area contributed by atoms with Gasteiger partial charge in [-0.25, -0.2) is 4.79 Å². The number of halogens is 1. The van der Waals surface area contributed by atoms with E-state index in [1.807, 2.05) is 0 Å². The predicted octanol–water partition coefficient (Wildman–Crippen LogP) is 2.03. The number of aliphatic carboxylic acids is 1. The Labute approximate surface area is 118 Å². The lowest BCUT2D eigenvalue weighted by Gasteiger charge is -2.14. The molecular weight excluding hydrogens is 320 g/mol. The monoisotopic (exact) mass is 332 g/mol. The van der Waals surface area contributed by atoms with Crippen molar-refractivity contribution in [2.75, 3.05) is 11.6 Å². The second kappa shape index (κ2) is 6.92. The number of hydrogen-bond acceptors (Lipinski definition) is 4. The fourth-order valence-corrected chi connectivity index (χ4v) is 2.62. The molecule has 0 bridgehead atoms. The van der Waals surface area contributed by atoms with Crippen LogP contribution in [-0.2, 0) is 16.0 Å². The summed E-state index contributed by atoms with van der Waals surface area (Å²) in [7, 11) is 0. The van der Waals surface area contributed by atoms with Crippen molar-refractivity contribution in [3.05, 3.63) is 29.3 Å². The summed E-state index contributed by atoms with van der Waals surface area (Å²) in [5, 5.41) is 18.7. The lowest BCUT2D eigenvalue weighted by Crippen LogP contribution is -2.13. The molecule has 18 heavy (non-hydrogen) atoms. The van der Waals surface area contributed by atoms with Crippen LogP contribution in [0.15, 0.2) is 23.1 Å². The summed E-state index contributed by atoms with van der Waals surface area (Å²) in [5.74, 6) is -1.29. The summed E-state index contributed by atoms with van der Waals surface area (Å²) in [6, 6.07) is 4.98. The molecule has 0 radical (unpaired) electrons. The minimum absolute atomic E-state index is 0.00673. The number of hydrogen-bond donors (Lipinski definition) is 2. The number of carboxylic acid groups (broad SMARTS) is 1. The number of carbonyl (C=O) groups excluding carboxylic acids is 1. The van der Waals surface area contributed by atoms with Gasteiger partial charge in [-0.2, -0.15) is 0 Å². The van der Waals surface area contributed by atoms with E-state index >= 15 is 0 Å². The Morgan fingerprint density at radius 2 is 2.11 bits per heavy atom. The van der Waals surface area contributed by atoms with Crippen molar-refractivity contribution in [2.45, 2.75) is 17.4 Å². The van der Waals surface area contributed by atoms with Crippen LogP contribution in [0.2, 0.25) is 0 Å². The van der Waals surface area contributed by atoms with Crippen molar-refractivity contribution in [3.63, 3.8) is 0 Å². The largest absolute Gasteiger partial charge is 0.479 e. The van der Waals surface area contributed by atoms with Crippen molar-refractivity contribution in [3.8, 4) is 0 Å². The Morgan fingerprint density at radius 1 is 1.44 bits per heavy atom. The SMILES string of the molecule is CSc1c(CC(=O)CBr)cccc1C(O)C(=O)O. The molecular formula is C12H13BrO4S. The van der Waals surface area contributed by atoms with Crippen LogP contribution in [0.4, 0.5) is 0 Å². The zero-order chi connectivity index (χ0) is 13.7. The molecule has 98 valence electrons. The Kier molecular flexibility index (Phi) is 5.84. The van der Waals surface area contributed by atoms with Crippen LogP contribution in [-0.4, -0.2) is 33.6 Å². The molecule has 0 amide bonds. The Balaban J connectivity index is 3.17. The van der Waals surface area contributed by atoms with Gasteiger partial charge in [-0.05, 0) is 11.8 Å². The van der Waals surface area contributed by atoms with Crippen LogP contribution >= 0.6 is 27.7 Å². The summed E-state index contributed by atoms with van der Waals surface area (Å²) in [5.41, 5.74) is 1.07. The number of aliphatic hydroxyl groups is 1. The van der Waals surface area contributed by atoms with Gasteiger partial charge in [0.25, 0.3) is 0 Å². The average Bonchev–Trinajstić information content (AvgIpc) is 2.37. The van der Waals surface area contributed by atoms with E-state index in [1.165, 1.54) is 11.8 Å². The van der Waals surface area contributed by atoms with E-state index in [4.69, 9.17) is 5.11 Å². The molecule has 1 aromatic rings. The van der Waals surface area contributed by atoms with E-state index in [2.05, 4.69) is 15.9 Å². The molecule has 0 heterocycles. The topological polar surface area (TPSA) is 74.6 Å². The maximum absolute atomic E-state index is 11.4. The number of carbonyl (C=O) groups is 2. The van der Waals surface area contributed by atoms with Crippen LogP contribution in [0.5, 0.6) is 0 Å². The zero-order valence-electron chi connectivity index (χ0n) is 9.72. The Morgan fingerprint density at radius 3 is 2.61 bits per heavy atom. The fourth-order valence-electron chi connectivity index (χ4n) is 1.60. The second-order valence-corrected chi connectivity index (χ2v) is 5.01. The van der Waals surface area contributed by atoms with Gasteiger partial charge in [-0.15, -0.1) is 11.8 Å². The van der Waals surface area contributed by atoms with Crippen LogP contribution in [0.3, 0.4) is 0 Å². The zero-order valence-corrected chi connectivity index (χ0v) is 12.1. The number of aliphatic hydroxyl groups excluding tert-OH is 1. The molecule has 0 saturated heterocycles. The third-order valence-electron chi connectivity index (χ3n) is 2.40. The molecule has 2 N–H and O–H groups in total. The average molecular weight is 333 g/mol. The van der Waals surface area contributed by atoms with Gasteiger partial charge in [0.1, 0.15) is 5.78 Å². The first-order valence-corrected chi connectivity index (χ1v) is 7.50. The first-order valence-electron chi connectivity index (χ1n) is 5.15. The van der Waals surface area contributed by atoms with Gasteiger partial charge in [0, 0.05) is 16.9 Å². The predicted molar refractivity (Wildman–Crippen MR) is 73.3 cm³/mol. The van der Waals surface area contributed by atoms with Crippen molar-refractivity contribution >= 4 is 39.4 Å². The lowest BCUT2D eigenvalue weighted by atomic mass is 10.0. The van der Waals surface area contributed by atoms with Crippen LogP contribution in [0.1, 0.15) is 17.2 Å². The normalized spacial score (nSPS) is 12.2.